The topological polar surface area (TPSA) is 63.2 Å². The van der Waals surface area contributed by atoms with Crippen molar-refractivity contribution >= 4 is 28.1 Å². The summed E-state index contributed by atoms with van der Waals surface area (Å²) in [5, 5.41) is 6.05. The lowest BCUT2D eigenvalue weighted by Gasteiger charge is -2.10. The normalized spacial score (nSPS) is 11.2. The predicted octanol–water partition coefficient (Wildman–Crippen LogP) is 4.81. The summed E-state index contributed by atoms with van der Waals surface area (Å²) in [7, 11) is 1.54. The maximum atomic E-state index is 12.8. The predicted molar refractivity (Wildman–Crippen MR) is 106 cm³/mol. The minimum Gasteiger partial charge on any atom is -0.495 e. The molecule has 0 radical (unpaired) electrons. The maximum Gasteiger partial charge on any atom is 0.416 e. The zero-order chi connectivity index (χ0) is 20.9. The Balaban J connectivity index is 1.57. The van der Waals surface area contributed by atoms with Crippen molar-refractivity contribution in [3.8, 4) is 5.75 Å². The summed E-state index contributed by atoms with van der Waals surface area (Å²) in [6.45, 7) is 0.0168. The van der Waals surface area contributed by atoms with Gasteiger partial charge >= 0.3 is 6.18 Å². The average molecular weight is 421 g/mol. The zero-order valence-corrected chi connectivity index (χ0v) is 16.2. The van der Waals surface area contributed by atoms with Crippen molar-refractivity contribution in [2.75, 3.05) is 24.3 Å². The molecule has 2 N–H and O–H groups in total. The van der Waals surface area contributed by atoms with Crippen LogP contribution in [0.3, 0.4) is 0 Å². The van der Waals surface area contributed by atoms with Crippen molar-refractivity contribution in [3.05, 3.63) is 70.7 Å². The van der Waals surface area contributed by atoms with Gasteiger partial charge in [0.1, 0.15) is 5.75 Å². The first-order valence-corrected chi connectivity index (χ1v) is 9.44. The highest BCUT2D eigenvalue weighted by Gasteiger charge is 2.30. The van der Waals surface area contributed by atoms with Gasteiger partial charge < -0.3 is 15.4 Å². The molecule has 0 saturated carbocycles. The van der Waals surface area contributed by atoms with E-state index < -0.39 is 11.7 Å². The number of hydrogen-bond acceptors (Lipinski definition) is 5. The molecule has 2 aromatic carbocycles. The molecule has 0 aliphatic carbocycles. The molecule has 1 aromatic heterocycles. The van der Waals surface area contributed by atoms with Crippen LogP contribution in [-0.4, -0.2) is 24.5 Å². The minimum absolute atomic E-state index is 0.0168. The van der Waals surface area contributed by atoms with E-state index in [9.17, 15) is 18.0 Å². The summed E-state index contributed by atoms with van der Waals surface area (Å²) in [6.07, 6.45) is -2.53. The lowest BCUT2D eigenvalue weighted by molar-refractivity contribution is -0.137. The highest BCUT2D eigenvalue weighted by Crippen LogP contribution is 2.30. The molecule has 1 amide bonds. The Labute approximate surface area is 169 Å². The molecule has 0 unspecified atom stereocenters. The number of nitrogens with one attached hydrogen (secondary N) is 2. The number of rotatable bonds is 7. The van der Waals surface area contributed by atoms with E-state index in [1.807, 2.05) is 12.1 Å². The maximum absolute atomic E-state index is 12.8. The van der Waals surface area contributed by atoms with Crippen LogP contribution in [0.25, 0.3) is 0 Å². The molecule has 3 rings (SSSR count). The lowest BCUT2D eigenvalue weighted by Crippen LogP contribution is -2.21. The fourth-order valence-electron chi connectivity index (χ4n) is 2.64. The van der Waals surface area contributed by atoms with E-state index in [2.05, 4.69) is 15.6 Å². The van der Waals surface area contributed by atoms with Crippen molar-refractivity contribution in [2.45, 2.75) is 12.6 Å². The van der Waals surface area contributed by atoms with Crippen LogP contribution in [0.1, 0.15) is 16.0 Å². The van der Waals surface area contributed by atoms with Crippen LogP contribution in [0.2, 0.25) is 0 Å². The van der Waals surface area contributed by atoms with Gasteiger partial charge in [-0.05, 0) is 23.8 Å². The molecular weight excluding hydrogens is 403 g/mol. The molecule has 29 heavy (non-hydrogen) atoms. The molecule has 3 aromatic rings. The molecule has 0 bridgehead atoms. The van der Waals surface area contributed by atoms with E-state index in [4.69, 9.17) is 4.74 Å². The number of hydrogen-bond donors (Lipinski definition) is 2. The van der Waals surface area contributed by atoms with Crippen molar-refractivity contribution in [2.24, 2.45) is 0 Å². The minimum atomic E-state index is -4.38. The molecular formula is C20H18F3N3O2S. The Hall–Kier alpha value is -3.07. The summed E-state index contributed by atoms with van der Waals surface area (Å²) in [4.78, 5) is 17.0. The molecule has 9 heteroatoms. The fourth-order valence-corrected chi connectivity index (χ4v) is 3.50. The number of methoxy groups -OCH3 is 1. The number of para-hydroxylation sites is 2. The molecule has 1 heterocycles. The van der Waals surface area contributed by atoms with E-state index in [-0.39, 0.29) is 12.5 Å². The third-order valence-electron chi connectivity index (χ3n) is 3.98. The molecule has 5 nitrogen and oxygen atoms in total. The molecule has 0 aliphatic rings. The van der Waals surface area contributed by atoms with Crippen LogP contribution < -0.4 is 15.4 Å². The second-order valence-electron chi connectivity index (χ2n) is 6.11. The van der Waals surface area contributed by atoms with Gasteiger partial charge in [0.2, 0.25) is 5.91 Å². The second-order valence-corrected chi connectivity index (χ2v) is 7.22. The van der Waals surface area contributed by atoms with Gasteiger partial charge in [0.05, 0.1) is 24.9 Å². The Morgan fingerprint density at radius 1 is 1.17 bits per heavy atom. The van der Waals surface area contributed by atoms with Gasteiger partial charge in [-0.1, -0.05) is 30.3 Å². The number of ether oxygens (including phenoxy) is 1. The SMILES string of the molecule is COc1ccccc1NCC(=O)Nc1ncc(Cc2cccc(C(F)(F)F)c2)s1. The van der Waals surface area contributed by atoms with Gasteiger partial charge in [-0.15, -0.1) is 11.3 Å². The number of carbonyl (C=O) groups excluding carboxylic acids is 1. The van der Waals surface area contributed by atoms with Crippen molar-refractivity contribution in [1.82, 2.24) is 4.98 Å². The Morgan fingerprint density at radius 3 is 2.72 bits per heavy atom. The Bertz CT molecular complexity index is 989. The van der Waals surface area contributed by atoms with Gasteiger partial charge in [-0.25, -0.2) is 4.98 Å². The van der Waals surface area contributed by atoms with Gasteiger partial charge in [0, 0.05) is 17.5 Å². The first kappa shape index (κ1) is 20.7. The summed E-state index contributed by atoms with van der Waals surface area (Å²) in [6, 6.07) is 12.4. The van der Waals surface area contributed by atoms with E-state index in [0.717, 1.165) is 17.0 Å². The van der Waals surface area contributed by atoms with Crippen LogP contribution in [-0.2, 0) is 17.4 Å². The highest BCUT2D eigenvalue weighted by molar-refractivity contribution is 7.15. The van der Waals surface area contributed by atoms with Gasteiger partial charge in [0.15, 0.2) is 5.13 Å². The first-order valence-electron chi connectivity index (χ1n) is 8.63. The van der Waals surface area contributed by atoms with E-state index >= 15 is 0 Å². The number of aromatic nitrogens is 1. The van der Waals surface area contributed by atoms with E-state index in [0.29, 0.717) is 28.6 Å². The Kier molecular flexibility index (Phi) is 6.38. The van der Waals surface area contributed by atoms with Crippen molar-refractivity contribution in [1.29, 1.82) is 0 Å². The lowest BCUT2D eigenvalue weighted by atomic mass is 10.1. The third kappa shape index (κ3) is 5.71. The van der Waals surface area contributed by atoms with Crippen LogP contribution in [0.5, 0.6) is 5.75 Å². The average Bonchev–Trinajstić information content (AvgIpc) is 3.12. The smallest absolute Gasteiger partial charge is 0.416 e. The van der Waals surface area contributed by atoms with E-state index in [1.54, 1.807) is 31.5 Å². The van der Waals surface area contributed by atoms with Crippen molar-refractivity contribution < 1.29 is 22.7 Å². The second kappa shape index (κ2) is 8.95. The number of carbonyl (C=O) groups is 1. The van der Waals surface area contributed by atoms with Crippen LogP contribution in [0, 0.1) is 0 Å². The van der Waals surface area contributed by atoms with Crippen LogP contribution in [0.15, 0.2) is 54.7 Å². The quantitative estimate of drug-likeness (QED) is 0.575. The number of amides is 1. The van der Waals surface area contributed by atoms with Gasteiger partial charge in [-0.2, -0.15) is 13.2 Å². The molecule has 152 valence electrons. The standard InChI is InChI=1S/C20H18F3N3O2S/c1-28-17-8-3-2-7-16(17)24-12-18(27)26-19-25-11-15(29-19)10-13-5-4-6-14(9-13)20(21,22)23/h2-9,11,24H,10,12H2,1H3,(H,25,26,27). The zero-order valence-electron chi connectivity index (χ0n) is 15.4. The number of anilines is 2. The number of benzene rings is 2. The fraction of sp³-hybridized carbons (Fsp3) is 0.200. The monoisotopic (exact) mass is 421 g/mol. The molecule has 0 spiro atoms. The number of thiazole rings is 1. The largest absolute Gasteiger partial charge is 0.495 e. The van der Waals surface area contributed by atoms with Gasteiger partial charge in [0.25, 0.3) is 0 Å². The van der Waals surface area contributed by atoms with E-state index in [1.165, 1.54) is 17.4 Å². The molecule has 0 fully saturated rings. The van der Waals surface area contributed by atoms with Gasteiger partial charge in [-0.3, -0.25) is 4.79 Å². The molecule has 0 saturated heterocycles. The molecule has 0 atom stereocenters. The van der Waals surface area contributed by atoms with Crippen molar-refractivity contribution in [3.63, 3.8) is 0 Å². The summed E-state index contributed by atoms with van der Waals surface area (Å²) < 4.78 is 43.7. The first-order chi connectivity index (χ1) is 13.8. The number of nitrogens with zero attached hydrogens (tertiary/aromatic N) is 1. The Morgan fingerprint density at radius 2 is 1.97 bits per heavy atom. The summed E-state index contributed by atoms with van der Waals surface area (Å²) in [5.41, 5.74) is 0.532. The molecule has 0 aliphatic heterocycles. The summed E-state index contributed by atoms with van der Waals surface area (Å²) in [5.74, 6) is 0.328. The van der Waals surface area contributed by atoms with Crippen LogP contribution in [0.4, 0.5) is 24.0 Å². The number of halogens is 3. The summed E-state index contributed by atoms with van der Waals surface area (Å²) >= 11 is 1.22. The number of alkyl halides is 3. The third-order valence-corrected chi connectivity index (χ3v) is 4.89. The highest BCUT2D eigenvalue weighted by atomic mass is 32.1. The van der Waals surface area contributed by atoms with Crippen LogP contribution >= 0.6 is 11.3 Å².